The molecule has 0 amide bonds. The van der Waals surface area contributed by atoms with Crippen LogP contribution in [-0.4, -0.2) is 37.8 Å². The van der Waals surface area contributed by atoms with E-state index in [0.717, 1.165) is 5.56 Å². The van der Waals surface area contributed by atoms with Crippen molar-refractivity contribution in [2.45, 2.75) is 58.0 Å². The number of ether oxygens (including phenoxy) is 3. The Hall–Kier alpha value is -3.12. The molecule has 2 aromatic rings. The number of carbonyl (C=O) groups is 2. The molecule has 0 radical (unpaired) electrons. The molecule has 0 bridgehead atoms. The number of benzene rings is 2. The summed E-state index contributed by atoms with van der Waals surface area (Å²) in [6.45, 7) is 5.66. The summed E-state index contributed by atoms with van der Waals surface area (Å²) in [7, 11) is 3.13. The predicted molar refractivity (Wildman–Crippen MR) is 140 cm³/mol. The number of rotatable bonds is 7. The van der Waals surface area contributed by atoms with Crippen molar-refractivity contribution in [1.82, 2.24) is 0 Å². The Morgan fingerprint density at radius 3 is 2.47 bits per heavy atom. The molecule has 0 aromatic heterocycles. The number of halogens is 1. The van der Waals surface area contributed by atoms with Crippen molar-refractivity contribution in [3.05, 3.63) is 69.9 Å². The maximum absolute atomic E-state index is 13.8. The summed E-state index contributed by atoms with van der Waals surface area (Å²) < 4.78 is 17.0. The highest BCUT2D eigenvalue weighted by Gasteiger charge is 2.46. The zero-order valence-corrected chi connectivity index (χ0v) is 22.1. The first kappa shape index (κ1) is 26.0. The number of carbonyl (C=O) groups excluding carboxylic acids is 2. The van der Waals surface area contributed by atoms with Crippen molar-refractivity contribution in [3.63, 3.8) is 0 Å². The van der Waals surface area contributed by atoms with Crippen LogP contribution in [0.3, 0.4) is 0 Å². The van der Waals surface area contributed by atoms with Crippen molar-refractivity contribution >= 4 is 29.1 Å². The van der Waals surface area contributed by atoms with Crippen LogP contribution in [-0.2, 0) is 14.3 Å². The lowest BCUT2D eigenvalue weighted by Crippen LogP contribution is -2.39. The highest BCUT2D eigenvalue weighted by Crippen LogP contribution is 2.50. The van der Waals surface area contributed by atoms with Crippen LogP contribution in [0.5, 0.6) is 11.5 Å². The molecule has 1 unspecified atom stereocenters. The Balaban J connectivity index is 1.85. The summed E-state index contributed by atoms with van der Waals surface area (Å²) in [5, 5.41) is 0.653. The zero-order chi connectivity index (χ0) is 26.0. The van der Waals surface area contributed by atoms with Crippen LogP contribution in [0.25, 0.3) is 0 Å². The van der Waals surface area contributed by atoms with Crippen LogP contribution in [0.15, 0.2) is 58.7 Å². The van der Waals surface area contributed by atoms with Gasteiger partial charge in [0.1, 0.15) is 5.92 Å². The molecule has 0 saturated heterocycles. The molecular formula is C29H32ClNO5. The minimum absolute atomic E-state index is 0.0125. The number of esters is 1. The van der Waals surface area contributed by atoms with E-state index in [1.165, 1.54) is 0 Å². The van der Waals surface area contributed by atoms with E-state index in [1.807, 2.05) is 57.2 Å². The summed E-state index contributed by atoms with van der Waals surface area (Å²) in [5.41, 5.74) is 3.65. The van der Waals surface area contributed by atoms with E-state index in [-0.39, 0.29) is 23.8 Å². The van der Waals surface area contributed by atoms with E-state index < -0.39 is 11.8 Å². The van der Waals surface area contributed by atoms with Crippen molar-refractivity contribution in [2.24, 2.45) is 10.9 Å². The fourth-order valence-electron chi connectivity index (χ4n) is 5.18. The van der Waals surface area contributed by atoms with Gasteiger partial charge in [-0.3, -0.25) is 14.6 Å². The number of hydrogen-bond acceptors (Lipinski definition) is 6. The third kappa shape index (κ3) is 4.92. The number of ketones is 1. The lowest BCUT2D eigenvalue weighted by molar-refractivity contribution is -0.151. The summed E-state index contributed by atoms with van der Waals surface area (Å²) in [4.78, 5) is 32.1. The van der Waals surface area contributed by atoms with Gasteiger partial charge in [-0.05, 0) is 56.4 Å². The average molecular weight is 510 g/mol. The fourth-order valence-corrected chi connectivity index (χ4v) is 5.31. The molecule has 1 aliphatic carbocycles. The van der Waals surface area contributed by atoms with Gasteiger partial charge in [-0.1, -0.05) is 42.8 Å². The molecule has 0 saturated carbocycles. The first-order valence-electron chi connectivity index (χ1n) is 12.3. The van der Waals surface area contributed by atoms with Crippen LogP contribution in [0.4, 0.5) is 0 Å². The number of hydrogen-bond donors (Lipinski definition) is 0. The molecule has 7 heteroatoms. The van der Waals surface area contributed by atoms with E-state index in [4.69, 9.17) is 30.8 Å². The minimum atomic E-state index is -0.741. The van der Waals surface area contributed by atoms with Gasteiger partial charge in [-0.2, -0.15) is 0 Å². The van der Waals surface area contributed by atoms with Gasteiger partial charge >= 0.3 is 5.97 Å². The Kier molecular flexibility index (Phi) is 7.84. The smallest absolute Gasteiger partial charge is 0.315 e. The first-order valence-corrected chi connectivity index (χ1v) is 12.6. The summed E-state index contributed by atoms with van der Waals surface area (Å²) in [6.07, 6.45) is 1.36. The van der Waals surface area contributed by atoms with E-state index in [9.17, 15) is 9.59 Å². The van der Waals surface area contributed by atoms with Crippen molar-refractivity contribution < 1.29 is 23.8 Å². The summed E-state index contributed by atoms with van der Waals surface area (Å²) in [6, 6.07) is 13.1. The van der Waals surface area contributed by atoms with E-state index in [1.54, 1.807) is 20.3 Å². The number of methoxy groups -OCH3 is 2. The van der Waals surface area contributed by atoms with Crippen LogP contribution in [0.2, 0.25) is 5.02 Å². The number of nitrogens with zero attached hydrogens (tertiary/aromatic N) is 1. The monoisotopic (exact) mass is 509 g/mol. The molecular weight excluding hydrogens is 478 g/mol. The maximum Gasteiger partial charge on any atom is 0.315 e. The van der Waals surface area contributed by atoms with Crippen LogP contribution >= 0.6 is 11.6 Å². The van der Waals surface area contributed by atoms with E-state index >= 15 is 0 Å². The van der Waals surface area contributed by atoms with Crippen LogP contribution in [0, 0.1) is 5.92 Å². The molecule has 0 fully saturated rings. The van der Waals surface area contributed by atoms with Crippen LogP contribution < -0.4 is 9.47 Å². The minimum Gasteiger partial charge on any atom is -0.493 e. The van der Waals surface area contributed by atoms with Crippen molar-refractivity contribution in [2.75, 3.05) is 14.2 Å². The predicted octanol–water partition coefficient (Wildman–Crippen LogP) is 6.27. The quantitative estimate of drug-likeness (QED) is 0.411. The molecule has 190 valence electrons. The van der Waals surface area contributed by atoms with Gasteiger partial charge in [0, 0.05) is 39.9 Å². The molecule has 0 N–H and O–H groups in total. The van der Waals surface area contributed by atoms with Gasteiger partial charge in [0.2, 0.25) is 0 Å². The second-order valence-electron chi connectivity index (χ2n) is 9.39. The molecule has 2 aliphatic rings. The highest BCUT2D eigenvalue weighted by atomic mass is 35.5. The lowest BCUT2D eigenvalue weighted by atomic mass is 9.69. The molecule has 6 nitrogen and oxygen atoms in total. The largest absolute Gasteiger partial charge is 0.493 e. The van der Waals surface area contributed by atoms with Gasteiger partial charge in [-0.15, -0.1) is 0 Å². The zero-order valence-electron chi connectivity index (χ0n) is 21.3. The number of allylic oxidation sites excluding steroid dienone is 2. The third-order valence-electron chi connectivity index (χ3n) is 7.14. The van der Waals surface area contributed by atoms with Gasteiger partial charge in [-0.25, -0.2) is 0 Å². The van der Waals surface area contributed by atoms with Crippen LogP contribution in [0.1, 0.15) is 63.0 Å². The SMILES string of the molecule is CC[C@H](C)OC(=O)C1C(C)=NC2=C(C(=O)C[C@H](c3ccc(Cl)cc3)C2)[C@H]1c1cccc(OC)c1OC. The molecule has 1 heterocycles. The standard InChI is InChI=1S/C29H32ClNO5/c1-6-16(2)36-29(33)25-17(3)31-22-14-19(18-10-12-20(30)13-11-18)15-23(32)27(22)26(25)21-8-7-9-24(34-4)28(21)35-5/h7-13,16,19,25-26H,6,14-15H2,1-5H3/t16-,19+,25?,26-/m0/s1. The third-order valence-corrected chi connectivity index (χ3v) is 7.40. The molecule has 36 heavy (non-hydrogen) atoms. The summed E-state index contributed by atoms with van der Waals surface area (Å²) in [5.74, 6) is -0.716. The Labute approximate surface area is 217 Å². The van der Waals surface area contributed by atoms with Gasteiger partial charge in [0.25, 0.3) is 0 Å². The second-order valence-corrected chi connectivity index (χ2v) is 9.82. The number of Topliss-reactive ketones (excluding diaryl/α,β-unsaturated/α-hetero) is 1. The molecule has 4 rings (SSSR count). The van der Waals surface area contributed by atoms with E-state index in [0.29, 0.717) is 58.3 Å². The normalized spacial score (nSPS) is 22.4. The number of para-hydroxylation sites is 1. The van der Waals surface area contributed by atoms with Crippen molar-refractivity contribution in [3.8, 4) is 11.5 Å². The van der Waals surface area contributed by atoms with E-state index in [2.05, 4.69) is 0 Å². The number of aliphatic imine (C=N–C) groups is 1. The Bertz CT molecular complexity index is 1220. The molecule has 2 aromatic carbocycles. The average Bonchev–Trinajstić information content (AvgIpc) is 2.87. The fraction of sp³-hybridized carbons (Fsp3) is 0.414. The maximum atomic E-state index is 13.8. The highest BCUT2D eigenvalue weighted by molar-refractivity contribution is 6.30. The Morgan fingerprint density at radius 2 is 1.83 bits per heavy atom. The molecule has 1 aliphatic heterocycles. The topological polar surface area (TPSA) is 74.2 Å². The van der Waals surface area contributed by atoms with Crippen molar-refractivity contribution in [1.29, 1.82) is 0 Å². The van der Waals surface area contributed by atoms with Gasteiger partial charge < -0.3 is 14.2 Å². The Morgan fingerprint density at radius 1 is 1.11 bits per heavy atom. The van der Waals surface area contributed by atoms with Gasteiger partial charge in [0.05, 0.1) is 20.3 Å². The molecule has 4 atom stereocenters. The van der Waals surface area contributed by atoms with Gasteiger partial charge in [0.15, 0.2) is 17.3 Å². The first-order chi connectivity index (χ1) is 17.3. The molecule has 0 spiro atoms. The second kappa shape index (κ2) is 10.9. The summed E-state index contributed by atoms with van der Waals surface area (Å²) >= 11 is 6.08. The lowest BCUT2D eigenvalue weighted by Gasteiger charge is -2.37.